The number of sulfone groups is 1. The van der Waals surface area contributed by atoms with Crippen LogP contribution < -0.4 is 10.1 Å². The molecule has 1 aromatic carbocycles. The van der Waals surface area contributed by atoms with Crippen LogP contribution in [0.3, 0.4) is 0 Å². The fourth-order valence-electron chi connectivity index (χ4n) is 4.93. The molecule has 1 amide bonds. The first-order chi connectivity index (χ1) is 19.0. The van der Waals surface area contributed by atoms with Crippen molar-refractivity contribution in [3.05, 3.63) is 42.0 Å². The lowest BCUT2D eigenvalue weighted by Crippen LogP contribution is -2.27. The number of pyridine rings is 1. The summed E-state index contributed by atoms with van der Waals surface area (Å²) < 4.78 is 31.1. The average molecular weight is 569 g/mol. The van der Waals surface area contributed by atoms with Crippen LogP contribution in [-0.2, 0) is 14.6 Å². The number of nitrogens with one attached hydrogen (secondary N) is 1. The molecule has 3 fully saturated rings. The Morgan fingerprint density at radius 3 is 2.44 bits per heavy atom. The maximum atomic E-state index is 13.4. The van der Waals surface area contributed by atoms with Crippen LogP contribution in [0.15, 0.2) is 46.4 Å². The largest absolute Gasteiger partial charge is 0.476 e. The second-order valence-electron chi connectivity index (χ2n) is 10.2. The molecule has 0 atom stereocenters. The van der Waals surface area contributed by atoms with Crippen LogP contribution in [0.25, 0.3) is 10.3 Å². The van der Waals surface area contributed by atoms with Crippen molar-refractivity contribution in [1.29, 1.82) is 0 Å². The maximum absolute atomic E-state index is 13.4. The Morgan fingerprint density at radius 1 is 1.00 bits per heavy atom. The van der Waals surface area contributed by atoms with E-state index in [1.165, 1.54) is 24.2 Å². The van der Waals surface area contributed by atoms with Crippen molar-refractivity contribution in [3.8, 4) is 5.88 Å². The highest BCUT2D eigenvalue weighted by atomic mass is 32.2. The predicted molar refractivity (Wildman–Crippen MR) is 151 cm³/mol. The van der Waals surface area contributed by atoms with E-state index in [0.717, 1.165) is 45.6 Å². The van der Waals surface area contributed by atoms with Gasteiger partial charge in [-0.1, -0.05) is 23.5 Å². The number of nitrogens with zero attached hydrogens (tertiary/aromatic N) is 5. The van der Waals surface area contributed by atoms with Crippen LogP contribution in [0.4, 0.5) is 5.13 Å². The molecule has 3 aromatic rings. The van der Waals surface area contributed by atoms with E-state index in [0.29, 0.717) is 46.4 Å². The van der Waals surface area contributed by atoms with Gasteiger partial charge < -0.3 is 4.74 Å². The topological polar surface area (TPSA) is 117 Å². The van der Waals surface area contributed by atoms with E-state index < -0.39 is 15.7 Å². The van der Waals surface area contributed by atoms with Gasteiger partial charge >= 0.3 is 0 Å². The Bertz CT molecular complexity index is 1470. The molecule has 0 unspecified atom stereocenters. The maximum Gasteiger partial charge on any atom is 0.278 e. The summed E-state index contributed by atoms with van der Waals surface area (Å²) in [5.74, 6) is 0.140. The number of carbonyl (C=O) groups excluding carboxylic acids is 1. The lowest BCUT2D eigenvalue weighted by Gasteiger charge is -2.14. The summed E-state index contributed by atoms with van der Waals surface area (Å²) in [5, 5.41) is 9.54. The highest BCUT2D eigenvalue weighted by Gasteiger charge is 2.36. The zero-order valence-corrected chi connectivity index (χ0v) is 23.3. The van der Waals surface area contributed by atoms with Gasteiger partial charge in [-0.05, 0) is 69.8 Å². The summed E-state index contributed by atoms with van der Waals surface area (Å²) in [6.45, 7) is 5.27. The molecule has 206 valence electrons. The molecule has 12 heteroatoms. The van der Waals surface area contributed by atoms with E-state index in [-0.39, 0.29) is 15.9 Å². The number of hydrogen-bond donors (Lipinski definition) is 1. The Labute approximate surface area is 232 Å². The van der Waals surface area contributed by atoms with Crippen molar-refractivity contribution in [2.75, 3.05) is 44.6 Å². The van der Waals surface area contributed by atoms with Gasteiger partial charge in [-0.25, -0.2) is 18.4 Å². The van der Waals surface area contributed by atoms with Crippen molar-refractivity contribution in [2.45, 2.75) is 48.7 Å². The van der Waals surface area contributed by atoms with Gasteiger partial charge in [-0.3, -0.25) is 20.0 Å². The summed E-state index contributed by atoms with van der Waals surface area (Å²) in [5.41, 5.74) is 1.46. The molecule has 39 heavy (non-hydrogen) atoms. The van der Waals surface area contributed by atoms with E-state index in [9.17, 15) is 13.2 Å². The fourth-order valence-corrected chi connectivity index (χ4v) is 7.41. The van der Waals surface area contributed by atoms with Crippen LogP contribution in [0.2, 0.25) is 0 Å². The standard InChI is InChI=1S/C27H32N6O4S2/c34-25(30-27-28-22-11-12-23(29-26(22)38-27)37-18-17-32-13-1-2-14-32)24(31-33-15-3-4-16-33)19-5-7-20(8-6-19)39(35,36)21-9-10-21/h5-8,11-12,21H,1-4,9-10,13-18H2,(H,28,30,34)/b31-24+. The molecule has 4 heterocycles. The molecule has 2 aromatic heterocycles. The monoisotopic (exact) mass is 568 g/mol. The summed E-state index contributed by atoms with van der Waals surface area (Å²) in [4.78, 5) is 25.9. The number of amides is 1. The first kappa shape index (κ1) is 26.1. The minimum absolute atomic E-state index is 0.227. The fraction of sp³-hybridized carbons (Fsp3) is 0.481. The van der Waals surface area contributed by atoms with Crippen molar-refractivity contribution < 1.29 is 17.9 Å². The van der Waals surface area contributed by atoms with Gasteiger partial charge in [-0.2, -0.15) is 5.10 Å². The van der Waals surface area contributed by atoms with Crippen molar-refractivity contribution in [3.63, 3.8) is 0 Å². The normalized spacial score (nSPS) is 18.7. The lowest BCUT2D eigenvalue weighted by atomic mass is 10.1. The van der Waals surface area contributed by atoms with Crippen molar-refractivity contribution in [2.24, 2.45) is 5.10 Å². The number of thiazole rings is 1. The zero-order chi connectivity index (χ0) is 26.8. The molecular formula is C27H32N6O4S2. The minimum atomic E-state index is -3.31. The van der Waals surface area contributed by atoms with Crippen LogP contribution >= 0.6 is 11.3 Å². The molecule has 1 saturated carbocycles. The van der Waals surface area contributed by atoms with Gasteiger partial charge in [0.15, 0.2) is 20.7 Å². The van der Waals surface area contributed by atoms with Crippen LogP contribution in [0.5, 0.6) is 5.88 Å². The molecular weight excluding hydrogens is 536 g/mol. The third kappa shape index (κ3) is 6.07. The summed E-state index contributed by atoms with van der Waals surface area (Å²) >= 11 is 1.28. The smallest absolute Gasteiger partial charge is 0.278 e. The Morgan fingerprint density at radius 2 is 1.72 bits per heavy atom. The first-order valence-corrected chi connectivity index (χ1v) is 15.9. The molecule has 0 radical (unpaired) electrons. The number of hydrogen-bond acceptors (Lipinski definition) is 10. The Kier molecular flexibility index (Phi) is 7.50. The third-order valence-corrected chi connectivity index (χ3v) is 10.4. The van der Waals surface area contributed by atoms with Gasteiger partial charge in [0.2, 0.25) is 5.88 Å². The number of anilines is 1. The summed E-state index contributed by atoms with van der Waals surface area (Å²) in [6.07, 6.45) is 5.94. The molecule has 2 aliphatic heterocycles. The van der Waals surface area contributed by atoms with E-state index >= 15 is 0 Å². The molecule has 6 rings (SSSR count). The van der Waals surface area contributed by atoms with Gasteiger partial charge in [0.05, 0.1) is 10.1 Å². The predicted octanol–water partition coefficient (Wildman–Crippen LogP) is 3.54. The lowest BCUT2D eigenvalue weighted by molar-refractivity contribution is -0.110. The average Bonchev–Trinajstić information content (AvgIpc) is 3.27. The number of fused-ring (bicyclic) bond motifs is 1. The minimum Gasteiger partial charge on any atom is -0.476 e. The van der Waals surface area contributed by atoms with E-state index in [1.54, 1.807) is 30.3 Å². The first-order valence-electron chi connectivity index (χ1n) is 13.6. The zero-order valence-electron chi connectivity index (χ0n) is 21.7. The highest BCUT2D eigenvalue weighted by molar-refractivity contribution is 7.92. The molecule has 0 bridgehead atoms. The quantitative estimate of drug-likeness (QED) is 0.369. The molecule has 3 aliphatic rings. The van der Waals surface area contributed by atoms with Gasteiger partial charge in [-0.15, -0.1) is 0 Å². The van der Waals surface area contributed by atoms with E-state index in [4.69, 9.17) is 4.74 Å². The van der Waals surface area contributed by atoms with Gasteiger partial charge in [0.25, 0.3) is 5.91 Å². The highest BCUT2D eigenvalue weighted by Crippen LogP contribution is 2.33. The number of carbonyl (C=O) groups is 1. The SMILES string of the molecule is O=C(Nc1nc2ccc(OCCN3CCCC3)nc2s1)/C(=N/N1CCCC1)c1ccc(S(=O)(=O)C2CC2)cc1. The number of likely N-dealkylation sites (tertiary alicyclic amines) is 1. The number of rotatable bonds is 10. The Balaban J connectivity index is 1.17. The van der Waals surface area contributed by atoms with Crippen molar-refractivity contribution in [1.82, 2.24) is 19.9 Å². The second kappa shape index (κ2) is 11.2. The van der Waals surface area contributed by atoms with Crippen molar-refractivity contribution >= 4 is 48.3 Å². The molecule has 2 saturated heterocycles. The number of hydrazone groups is 1. The van der Waals surface area contributed by atoms with Crippen LogP contribution in [0.1, 0.15) is 44.1 Å². The van der Waals surface area contributed by atoms with Gasteiger partial charge in [0, 0.05) is 31.3 Å². The van der Waals surface area contributed by atoms with E-state index in [1.807, 2.05) is 11.1 Å². The van der Waals surface area contributed by atoms with E-state index in [2.05, 4.69) is 25.3 Å². The molecule has 1 N–H and O–H groups in total. The number of benzene rings is 1. The van der Waals surface area contributed by atoms with Crippen LogP contribution in [0, 0.1) is 0 Å². The molecule has 1 aliphatic carbocycles. The third-order valence-electron chi connectivity index (χ3n) is 7.27. The summed E-state index contributed by atoms with van der Waals surface area (Å²) in [7, 11) is -3.31. The number of ether oxygens (including phenoxy) is 1. The van der Waals surface area contributed by atoms with Crippen LogP contribution in [-0.4, -0.2) is 84.5 Å². The molecule has 10 nitrogen and oxygen atoms in total. The Hall–Kier alpha value is -3.09. The summed E-state index contributed by atoms with van der Waals surface area (Å²) in [6, 6.07) is 10.1. The van der Waals surface area contributed by atoms with Gasteiger partial charge in [0.1, 0.15) is 17.0 Å². The number of aromatic nitrogens is 2. The molecule has 0 spiro atoms. The second-order valence-corrected chi connectivity index (χ2v) is 13.4.